The summed E-state index contributed by atoms with van der Waals surface area (Å²) in [5.41, 5.74) is -3.08. The average Bonchev–Trinajstić information content (AvgIpc) is 3.35. The van der Waals surface area contributed by atoms with Gasteiger partial charge < -0.3 is 10.1 Å². The van der Waals surface area contributed by atoms with Gasteiger partial charge in [-0.1, -0.05) is 12.0 Å². The van der Waals surface area contributed by atoms with E-state index in [4.69, 9.17) is 4.74 Å². The molecule has 1 amide bonds. The predicted molar refractivity (Wildman–Crippen MR) is 131 cm³/mol. The number of nitrogens with one attached hydrogen (secondary N) is 2. The van der Waals surface area contributed by atoms with Gasteiger partial charge in [0.1, 0.15) is 5.66 Å². The van der Waals surface area contributed by atoms with Crippen LogP contribution >= 0.6 is 0 Å². The van der Waals surface area contributed by atoms with Crippen LogP contribution in [-0.4, -0.2) is 43.5 Å². The molecule has 15 heteroatoms. The summed E-state index contributed by atoms with van der Waals surface area (Å²) in [5, 5.41) is 16.7. The van der Waals surface area contributed by atoms with Crippen LogP contribution in [-0.2, 0) is 29.9 Å². The number of alkyl halides is 6. The summed E-state index contributed by atoms with van der Waals surface area (Å²) in [5.74, 6) is -0.833. The fraction of sp³-hybridized carbons (Fsp3) is 0.480. The van der Waals surface area contributed by atoms with E-state index in [2.05, 4.69) is 30.9 Å². The van der Waals surface area contributed by atoms with Crippen molar-refractivity contribution in [1.82, 2.24) is 25.6 Å². The molecule has 9 nitrogen and oxygen atoms in total. The maximum absolute atomic E-state index is 13.6. The van der Waals surface area contributed by atoms with Crippen LogP contribution in [0.4, 0.5) is 42.8 Å². The molecule has 4 rings (SSSR count). The summed E-state index contributed by atoms with van der Waals surface area (Å²) in [6.45, 7) is 6.74. The number of hydrogen-bond acceptors (Lipinski definition) is 7. The van der Waals surface area contributed by atoms with Gasteiger partial charge in [0.05, 0.1) is 28.6 Å². The molecule has 0 aliphatic carbocycles. The van der Waals surface area contributed by atoms with Crippen LogP contribution < -0.4 is 10.2 Å². The maximum Gasteiger partial charge on any atom is 0.416 e. The van der Waals surface area contributed by atoms with Gasteiger partial charge >= 0.3 is 18.4 Å². The number of benzene rings is 1. The molecule has 40 heavy (non-hydrogen) atoms. The lowest BCUT2D eigenvalue weighted by Gasteiger charge is -2.51. The van der Waals surface area contributed by atoms with Gasteiger partial charge in [-0.3, -0.25) is 9.88 Å². The lowest BCUT2D eigenvalue weighted by molar-refractivity contribution is -0.143. The Morgan fingerprint density at radius 2 is 1.80 bits per heavy atom. The number of aromatic amines is 1. The molecule has 1 aromatic carbocycles. The molecule has 216 valence electrons. The van der Waals surface area contributed by atoms with Crippen molar-refractivity contribution >= 4 is 17.7 Å². The van der Waals surface area contributed by atoms with Crippen LogP contribution in [0.5, 0.6) is 0 Å². The number of ether oxygens (including phenoxy) is 1. The number of fused-ring (bicyclic) bond motifs is 1. The second-order valence-electron chi connectivity index (χ2n) is 9.84. The van der Waals surface area contributed by atoms with Gasteiger partial charge in [-0.05, 0) is 81.1 Å². The quantitative estimate of drug-likeness (QED) is 0.353. The molecule has 3 heterocycles. The monoisotopic (exact) mass is 571 g/mol. The highest BCUT2D eigenvalue weighted by molar-refractivity contribution is 5.91. The van der Waals surface area contributed by atoms with E-state index in [9.17, 15) is 31.1 Å². The van der Waals surface area contributed by atoms with Crippen molar-refractivity contribution in [2.45, 2.75) is 71.1 Å². The Balaban J connectivity index is 1.92. The Morgan fingerprint density at radius 1 is 1.15 bits per heavy atom. The molecule has 1 aliphatic heterocycles. The summed E-state index contributed by atoms with van der Waals surface area (Å²) in [7, 11) is 0. The molecule has 1 aliphatic rings. The molecule has 0 saturated heterocycles. The largest absolute Gasteiger partial charge is 0.446 e. The molecule has 2 N–H and O–H groups in total. The van der Waals surface area contributed by atoms with E-state index in [-0.39, 0.29) is 36.8 Å². The molecule has 2 aromatic heterocycles. The lowest BCUT2D eigenvalue weighted by atomic mass is 9.76. The molecular weight excluding hydrogens is 544 g/mol. The zero-order valence-corrected chi connectivity index (χ0v) is 22.0. The van der Waals surface area contributed by atoms with Crippen LogP contribution in [0.25, 0.3) is 0 Å². The van der Waals surface area contributed by atoms with Gasteiger partial charge in [0, 0.05) is 11.6 Å². The summed E-state index contributed by atoms with van der Waals surface area (Å²) >= 11 is 0. The normalized spacial score (nSPS) is 19.5. The van der Waals surface area contributed by atoms with E-state index in [1.165, 1.54) is 4.90 Å². The predicted octanol–water partition coefficient (Wildman–Crippen LogP) is 5.93. The Bertz CT molecular complexity index is 1330. The van der Waals surface area contributed by atoms with Crippen molar-refractivity contribution in [3.8, 4) is 0 Å². The van der Waals surface area contributed by atoms with Crippen molar-refractivity contribution in [3.05, 3.63) is 58.4 Å². The molecule has 0 radical (unpaired) electrons. The zero-order valence-electron chi connectivity index (χ0n) is 22.0. The van der Waals surface area contributed by atoms with E-state index in [0.717, 1.165) is 0 Å². The molecule has 2 unspecified atom stereocenters. The third kappa shape index (κ3) is 5.82. The highest BCUT2D eigenvalue weighted by Crippen LogP contribution is 2.45. The Labute approximate surface area is 225 Å². The number of amides is 1. The summed E-state index contributed by atoms with van der Waals surface area (Å²) in [6, 6.07) is 4.83. The second kappa shape index (κ2) is 10.6. The number of anilines is 2. The number of halogens is 6. The number of pyridine rings is 1. The summed E-state index contributed by atoms with van der Waals surface area (Å²) in [4.78, 5) is 19.4. The molecule has 3 aromatic rings. The van der Waals surface area contributed by atoms with E-state index in [1.54, 1.807) is 39.8 Å². The fourth-order valence-corrected chi connectivity index (χ4v) is 5.04. The van der Waals surface area contributed by atoms with E-state index < -0.39 is 47.3 Å². The second-order valence-corrected chi connectivity index (χ2v) is 9.84. The standard InChI is InChI=1S/C25H27F6N7O2/c1-5-23(33-21-34-36-37-35-21)16(8-15-9-17(24(26,27)28)11-18(10-15)25(29,30)31)12-19-20(7-6-14(4)32-19)38(23)22(39)40-13(2)3/h6-7,9-11,13,16H,5,8,12H2,1-4H3,(H2,33,34,35,36,37). The molecule has 2 atom stereocenters. The number of nitrogens with zero attached hydrogens (tertiary/aromatic N) is 5. The number of aryl methyl sites for hydroxylation is 1. The number of rotatable bonds is 6. The van der Waals surface area contributed by atoms with Gasteiger partial charge in [0.2, 0.25) is 0 Å². The highest BCUT2D eigenvalue weighted by atomic mass is 19.4. The van der Waals surface area contributed by atoms with Crippen LogP contribution in [0.15, 0.2) is 30.3 Å². The first kappa shape index (κ1) is 29.1. The minimum absolute atomic E-state index is 0.0299. The highest BCUT2D eigenvalue weighted by Gasteiger charge is 2.52. The fourth-order valence-electron chi connectivity index (χ4n) is 5.04. The minimum Gasteiger partial charge on any atom is -0.446 e. The number of tetrazole rings is 1. The van der Waals surface area contributed by atoms with Crippen LogP contribution in [0.2, 0.25) is 0 Å². The van der Waals surface area contributed by atoms with Crippen molar-refractivity contribution in [2.75, 3.05) is 10.2 Å². The first-order chi connectivity index (χ1) is 18.6. The number of carbonyl (C=O) groups excluding carboxylic acids is 1. The van der Waals surface area contributed by atoms with Gasteiger partial charge in [-0.2, -0.15) is 31.6 Å². The molecular formula is C25H27F6N7O2. The van der Waals surface area contributed by atoms with Crippen molar-refractivity contribution in [3.63, 3.8) is 0 Å². The average molecular weight is 572 g/mol. The molecule has 0 spiro atoms. The van der Waals surface area contributed by atoms with Crippen molar-refractivity contribution in [1.29, 1.82) is 0 Å². The summed E-state index contributed by atoms with van der Waals surface area (Å²) < 4.78 is 87.3. The minimum atomic E-state index is -5.01. The van der Waals surface area contributed by atoms with Crippen molar-refractivity contribution in [2.24, 2.45) is 5.92 Å². The third-order valence-electron chi connectivity index (χ3n) is 6.71. The first-order valence-corrected chi connectivity index (χ1v) is 12.4. The van der Waals surface area contributed by atoms with E-state index >= 15 is 0 Å². The van der Waals surface area contributed by atoms with Gasteiger partial charge in [-0.15, -0.1) is 5.10 Å². The zero-order chi connectivity index (χ0) is 29.5. The summed E-state index contributed by atoms with van der Waals surface area (Å²) in [6.07, 6.45) is -11.4. The van der Waals surface area contributed by atoms with Crippen molar-refractivity contribution < 1.29 is 35.9 Å². The number of aromatic nitrogens is 5. The number of carbonyl (C=O) groups is 1. The maximum atomic E-state index is 13.6. The Hall–Kier alpha value is -3.91. The van der Waals surface area contributed by atoms with Gasteiger partial charge in [-0.25, -0.2) is 4.79 Å². The third-order valence-corrected chi connectivity index (χ3v) is 6.71. The first-order valence-electron chi connectivity index (χ1n) is 12.4. The molecule has 0 bridgehead atoms. The topological polar surface area (TPSA) is 109 Å². The lowest BCUT2D eigenvalue weighted by Crippen LogP contribution is -2.65. The Morgan fingerprint density at radius 3 is 2.33 bits per heavy atom. The number of H-pyrrole nitrogens is 1. The smallest absolute Gasteiger partial charge is 0.416 e. The number of hydrogen-bond donors (Lipinski definition) is 2. The van der Waals surface area contributed by atoms with Gasteiger partial charge in [0.25, 0.3) is 5.95 Å². The van der Waals surface area contributed by atoms with Crippen LogP contribution in [0.1, 0.15) is 55.3 Å². The van der Waals surface area contributed by atoms with Gasteiger partial charge in [0.15, 0.2) is 0 Å². The van der Waals surface area contributed by atoms with Crippen LogP contribution in [0.3, 0.4) is 0 Å². The SMILES string of the molecule is CCC1(Nc2nn[nH]n2)C(Cc2cc(C(F)(F)F)cc(C(F)(F)F)c2)Cc2nc(C)ccc2N1C(=O)OC(C)C. The van der Waals surface area contributed by atoms with E-state index in [0.29, 0.717) is 29.2 Å². The molecule has 0 saturated carbocycles. The van der Waals surface area contributed by atoms with Crippen LogP contribution in [0, 0.1) is 12.8 Å². The Kier molecular flexibility index (Phi) is 7.69. The van der Waals surface area contributed by atoms with E-state index in [1.807, 2.05) is 0 Å². The molecule has 0 fully saturated rings.